The van der Waals surface area contributed by atoms with Crippen molar-refractivity contribution in [2.75, 3.05) is 18.0 Å². The van der Waals surface area contributed by atoms with Gasteiger partial charge in [-0.15, -0.1) is 0 Å². The zero-order valence-electron chi connectivity index (χ0n) is 8.50. The van der Waals surface area contributed by atoms with E-state index in [1.807, 2.05) is 24.5 Å². The third kappa shape index (κ3) is 1.37. The van der Waals surface area contributed by atoms with E-state index in [0.29, 0.717) is 6.04 Å². The van der Waals surface area contributed by atoms with Crippen LogP contribution in [0.15, 0.2) is 30.6 Å². The molecule has 2 aromatic rings. The Labute approximate surface area is 88.3 Å². The minimum atomic E-state index is 0.309. The van der Waals surface area contributed by atoms with E-state index in [9.17, 15) is 0 Å². The summed E-state index contributed by atoms with van der Waals surface area (Å²) in [6.45, 7) is 1.98. The van der Waals surface area contributed by atoms with Crippen LogP contribution in [0, 0.1) is 0 Å². The van der Waals surface area contributed by atoms with Gasteiger partial charge in [0, 0.05) is 31.5 Å². The predicted molar refractivity (Wildman–Crippen MR) is 60.0 cm³/mol. The summed E-state index contributed by atoms with van der Waals surface area (Å²) in [4.78, 5) is 6.59. The van der Waals surface area contributed by atoms with Crippen LogP contribution in [0.3, 0.4) is 0 Å². The maximum atomic E-state index is 5.92. The number of hydrogen-bond donors (Lipinski definition) is 1. The molecule has 0 aromatic carbocycles. The van der Waals surface area contributed by atoms with Gasteiger partial charge in [0.1, 0.15) is 11.5 Å². The van der Waals surface area contributed by atoms with Gasteiger partial charge < -0.3 is 10.6 Å². The first-order valence-corrected chi connectivity index (χ1v) is 5.27. The van der Waals surface area contributed by atoms with Gasteiger partial charge in [-0.2, -0.15) is 0 Å². The first kappa shape index (κ1) is 8.73. The molecule has 0 radical (unpaired) electrons. The molecule has 1 saturated heterocycles. The number of fused-ring (bicyclic) bond motifs is 1. The minimum absolute atomic E-state index is 0.309. The lowest BCUT2D eigenvalue weighted by atomic mass is 10.3. The van der Waals surface area contributed by atoms with Crippen LogP contribution in [0.4, 0.5) is 5.82 Å². The fourth-order valence-electron chi connectivity index (χ4n) is 2.19. The van der Waals surface area contributed by atoms with Gasteiger partial charge in [-0.3, -0.25) is 4.40 Å². The van der Waals surface area contributed by atoms with Crippen molar-refractivity contribution in [2.45, 2.75) is 12.5 Å². The van der Waals surface area contributed by atoms with E-state index in [4.69, 9.17) is 5.73 Å². The van der Waals surface area contributed by atoms with Crippen molar-refractivity contribution in [3.8, 4) is 0 Å². The Balaban J connectivity index is 2.06. The number of anilines is 1. The van der Waals surface area contributed by atoms with Crippen molar-refractivity contribution >= 4 is 11.5 Å². The molecule has 1 atom stereocenters. The van der Waals surface area contributed by atoms with Gasteiger partial charge >= 0.3 is 0 Å². The summed E-state index contributed by atoms with van der Waals surface area (Å²) in [6.07, 6.45) is 4.90. The number of nitrogens with zero attached hydrogens (tertiary/aromatic N) is 3. The molecule has 1 fully saturated rings. The molecule has 3 heterocycles. The van der Waals surface area contributed by atoms with E-state index in [0.717, 1.165) is 25.2 Å². The molecular weight excluding hydrogens is 188 g/mol. The van der Waals surface area contributed by atoms with Crippen molar-refractivity contribution < 1.29 is 0 Å². The number of hydrogen-bond acceptors (Lipinski definition) is 3. The van der Waals surface area contributed by atoms with Gasteiger partial charge in [0.2, 0.25) is 0 Å². The summed E-state index contributed by atoms with van der Waals surface area (Å²) in [5.41, 5.74) is 6.91. The molecule has 4 heteroatoms. The normalized spacial score (nSPS) is 21.4. The van der Waals surface area contributed by atoms with Crippen molar-refractivity contribution in [1.82, 2.24) is 9.38 Å². The SMILES string of the molecule is NC1CCN(c2cccc3nccn23)C1. The second kappa shape index (κ2) is 3.24. The highest BCUT2D eigenvalue weighted by Gasteiger charge is 2.20. The van der Waals surface area contributed by atoms with Crippen LogP contribution in [0.1, 0.15) is 6.42 Å². The number of nitrogens with two attached hydrogens (primary N) is 1. The lowest BCUT2D eigenvalue weighted by Gasteiger charge is -2.19. The smallest absolute Gasteiger partial charge is 0.138 e. The molecule has 0 saturated carbocycles. The molecule has 2 aromatic heterocycles. The Morgan fingerprint density at radius 1 is 1.40 bits per heavy atom. The van der Waals surface area contributed by atoms with E-state index in [1.165, 1.54) is 5.82 Å². The van der Waals surface area contributed by atoms with E-state index in [-0.39, 0.29) is 0 Å². The van der Waals surface area contributed by atoms with Crippen LogP contribution in [-0.4, -0.2) is 28.5 Å². The van der Waals surface area contributed by atoms with Crippen molar-refractivity contribution in [1.29, 1.82) is 0 Å². The Morgan fingerprint density at radius 3 is 3.13 bits per heavy atom. The summed E-state index contributed by atoms with van der Waals surface area (Å²) in [5.74, 6) is 1.19. The predicted octanol–water partition coefficient (Wildman–Crippen LogP) is 0.872. The molecule has 0 aliphatic carbocycles. The maximum Gasteiger partial charge on any atom is 0.138 e. The minimum Gasteiger partial charge on any atom is -0.356 e. The van der Waals surface area contributed by atoms with Gasteiger partial charge in [0.05, 0.1) is 0 Å². The van der Waals surface area contributed by atoms with Crippen molar-refractivity contribution in [3.63, 3.8) is 0 Å². The molecule has 1 aliphatic rings. The highest BCUT2D eigenvalue weighted by Crippen LogP contribution is 2.20. The van der Waals surface area contributed by atoms with Crippen molar-refractivity contribution in [3.05, 3.63) is 30.6 Å². The first-order chi connectivity index (χ1) is 7.34. The lowest BCUT2D eigenvalue weighted by molar-refractivity contribution is 0.751. The van der Waals surface area contributed by atoms with Crippen LogP contribution in [-0.2, 0) is 0 Å². The highest BCUT2D eigenvalue weighted by molar-refractivity contribution is 5.52. The quantitative estimate of drug-likeness (QED) is 0.746. The fraction of sp³-hybridized carbons (Fsp3) is 0.364. The summed E-state index contributed by atoms with van der Waals surface area (Å²) in [7, 11) is 0. The van der Waals surface area contributed by atoms with Gasteiger partial charge in [-0.05, 0) is 18.6 Å². The fourth-order valence-corrected chi connectivity index (χ4v) is 2.19. The molecule has 0 spiro atoms. The third-order valence-electron chi connectivity index (χ3n) is 2.96. The standard InChI is InChI=1S/C11H14N4/c12-9-4-6-14(8-9)11-3-1-2-10-13-5-7-15(10)11/h1-3,5,7,9H,4,6,8,12H2. The van der Waals surface area contributed by atoms with E-state index in [2.05, 4.69) is 20.4 Å². The van der Waals surface area contributed by atoms with Crippen LogP contribution in [0.2, 0.25) is 0 Å². The molecule has 2 N–H and O–H groups in total. The van der Waals surface area contributed by atoms with Crippen LogP contribution >= 0.6 is 0 Å². The van der Waals surface area contributed by atoms with Crippen LogP contribution in [0.25, 0.3) is 5.65 Å². The average molecular weight is 202 g/mol. The molecule has 4 nitrogen and oxygen atoms in total. The Bertz CT molecular complexity index is 476. The van der Waals surface area contributed by atoms with Crippen LogP contribution < -0.4 is 10.6 Å². The highest BCUT2D eigenvalue weighted by atomic mass is 15.3. The zero-order valence-corrected chi connectivity index (χ0v) is 8.50. The van der Waals surface area contributed by atoms with Crippen LogP contribution in [0.5, 0.6) is 0 Å². The van der Waals surface area contributed by atoms with E-state index in [1.54, 1.807) is 0 Å². The first-order valence-electron chi connectivity index (χ1n) is 5.27. The number of pyridine rings is 1. The maximum absolute atomic E-state index is 5.92. The van der Waals surface area contributed by atoms with Gasteiger partial charge in [-0.1, -0.05) is 6.07 Å². The largest absolute Gasteiger partial charge is 0.356 e. The summed E-state index contributed by atoms with van der Waals surface area (Å²) < 4.78 is 2.11. The Kier molecular flexibility index (Phi) is 1.89. The molecular formula is C11H14N4. The summed E-state index contributed by atoms with van der Waals surface area (Å²) >= 11 is 0. The van der Waals surface area contributed by atoms with Crippen molar-refractivity contribution in [2.24, 2.45) is 5.73 Å². The molecule has 15 heavy (non-hydrogen) atoms. The molecule has 78 valence electrons. The third-order valence-corrected chi connectivity index (χ3v) is 2.96. The Morgan fingerprint density at radius 2 is 2.33 bits per heavy atom. The molecule has 1 aliphatic heterocycles. The number of imidazole rings is 1. The molecule has 0 bridgehead atoms. The van der Waals surface area contributed by atoms with Gasteiger partial charge in [0.15, 0.2) is 0 Å². The second-order valence-electron chi connectivity index (χ2n) is 4.03. The summed E-state index contributed by atoms with van der Waals surface area (Å²) in [5, 5.41) is 0. The average Bonchev–Trinajstić information content (AvgIpc) is 2.84. The summed E-state index contributed by atoms with van der Waals surface area (Å²) in [6, 6.07) is 6.48. The van der Waals surface area contributed by atoms with Gasteiger partial charge in [-0.25, -0.2) is 4.98 Å². The zero-order chi connectivity index (χ0) is 10.3. The number of rotatable bonds is 1. The van der Waals surface area contributed by atoms with Gasteiger partial charge in [0.25, 0.3) is 0 Å². The number of aromatic nitrogens is 2. The Hall–Kier alpha value is -1.55. The molecule has 1 unspecified atom stereocenters. The lowest BCUT2D eigenvalue weighted by Crippen LogP contribution is -2.27. The molecule has 0 amide bonds. The monoisotopic (exact) mass is 202 g/mol. The second-order valence-corrected chi connectivity index (χ2v) is 4.03. The molecule has 3 rings (SSSR count). The van der Waals surface area contributed by atoms with E-state index < -0.39 is 0 Å². The topological polar surface area (TPSA) is 46.6 Å². The van der Waals surface area contributed by atoms with E-state index >= 15 is 0 Å².